The smallest absolute Gasteiger partial charge is 0.325 e. The van der Waals surface area contributed by atoms with Gasteiger partial charge in [-0.2, -0.15) is 5.10 Å². The molecule has 1 atom stereocenters. The number of aliphatic hydroxyl groups excluding tert-OH is 1. The van der Waals surface area contributed by atoms with Crippen LogP contribution in [0.4, 0.5) is 0 Å². The van der Waals surface area contributed by atoms with Gasteiger partial charge in [-0.1, -0.05) is 6.92 Å². The number of carbonyl (C=O) groups is 1. The molecule has 1 rings (SSSR count). The zero-order valence-electron chi connectivity index (χ0n) is 11.6. The van der Waals surface area contributed by atoms with Crippen LogP contribution in [-0.4, -0.2) is 47.0 Å². The third-order valence-electron chi connectivity index (χ3n) is 2.90. The van der Waals surface area contributed by atoms with Crippen LogP contribution in [0.2, 0.25) is 0 Å². The van der Waals surface area contributed by atoms with Gasteiger partial charge in [-0.3, -0.25) is 9.48 Å². The maximum absolute atomic E-state index is 12.3. The molecule has 20 heavy (non-hydrogen) atoms. The first-order valence-electron chi connectivity index (χ1n) is 6.11. The van der Waals surface area contributed by atoms with Crippen LogP contribution in [0, 0.1) is 13.8 Å². The molecule has 1 aromatic rings. The Morgan fingerprint density at radius 3 is 2.50 bits per heavy atom. The van der Waals surface area contributed by atoms with E-state index in [-0.39, 0.29) is 22.9 Å². The van der Waals surface area contributed by atoms with Crippen LogP contribution in [0.3, 0.4) is 0 Å². The van der Waals surface area contributed by atoms with Gasteiger partial charge < -0.3 is 10.2 Å². The normalized spacial score (nSPS) is 13.4. The first-order chi connectivity index (χ1) is 9.22. The molecular formula is C11H19N3O5S. The number of sulfonamides is 1. The highest BCUT2D eigenvalue weighted by Gasteiger charge is 2.27. The van der Waals surface area contributed by atoms with Crippen molar-refractivity contribution in [3.63, 3.8) is 0 Å². The lowest BCUT2D eigenvalue weighted by Crippen LogP contribution is -2.37. The van der Waals surface area contributed by atoms with Gasteiger partial charge in [-0.25, -0.2) is 13.1 Å². The summed E-state index contributed by atoms with van der Waals surface area (Å²) in [6, 6.07) is -0.582. The van der Waals surface area contributed by atoms with E-state index in [0.29, 0.717) is 6.42 Å². The lowest BCUT2D eigenvalue weighted by Gasteiger charge is -2.14. The van der Waals surface area contributed by atoms with Crippen molar-refractivity contribution in [3.8, 4) is 0 Å². The molecule has 0 amide bonds. The molecule has 0 radical (unpaired) electrons. The minimum absolute atomic E-state index is 0.0364. The quantitative estimate of drug-likeness (QED) is 0.632. The Morgan fingerprint density at radius 1 is 1.45 bits per heavy atom. The molecule has 3 N–H and O–H groups in total. The van der Waals surface area contributed by atoms with Crippen molar-refractivity contribution in [2.45, 2.75) is 44.7 Å². The van der Waals surface area contributed by atoms with Crippen molar-refractivity contribution in [1.82, 2.24) is 14.5 Å². The summed E-state index contributed by atoms with van der Waals surface area (Å²) < 4.78 is 28.1. The summed E-state index contributed by atoms with van der Waals surface area (Å²) in [5.41, 5.74) is 0.481. The largest absolute Gasteiger partial charge is 0.480 e. The van der Waals surface area contributed by atoms with E-state index in [2.05, 4.69) is 9.82 Å². The van der Waals surface area contributed by atoms with Gasteiger partial charge in [0.15, 0.2) is 0 Å². The Hall–Kier alpha value is -1.45. The predicted molar refractivity (Wildman–Crippen MR) is 70.8 cm³/mol. The number of hydrogen-bond donors (Lipinski definition) is 3. The highest BCUT2D eigenvalue weighted by atomic mass is 32.2. The van der Waals surface area contributed by atoms with Gasteiger partial charge in [-0.15, -0.1) is 0 Å². The molecule has 8 nitrogen and oxygen atoms in total. The van der Waals surface area contributed by atoms with E-state index in [1.165, 1.54) is 13.8 Å². The Morgan fingerprint density at radius 2 is 2.05 bits per heavy atom. The Balaban J connectivity index is 3.18. The van der Waals surface area contributed by atoms with E-state index in [1.54, 1.807) is 6.92 Å². The van der Waals surface area contributed by atoms with E-state index >= 15 is 0 Å². The minimum Gasteiger partial charge on any atom is -0.480 e. The Labute approximate surface area is 117 Å². The summed E-state index contributed by atoms with van der Waals surface area (Å²) in [6.07, 6.45) is 0.442. The minimum atomic E-state index is -3.85. The lowest BCUT2D eigenvalue weighted by atomic mass is 10.3. The number of nitrogens with zero attached hydrogens (tertiary/aromatic N) is 2. The number of aromatic nitrogens is 2. The summed E-state index contributed by atoms with van der Waals surface area (Å²) in [4.78, 5) is 10.7. The third-order valence-corrected chi connectivity index (χ3v) is 4.68. The van der Waals surface area contributed by atoms with Crippen molar-refractivity contribution < 1.29 is 23.4 Å². The molecule has 0 bridgehead atoms. The van der Waals surface area contributed by atoms with Crippen molar-refractivity contribution in [2.75, 3.05) is 6.61 Å². The van der Waals surface area contributed by atoms with Crippen LogP contribution in [0.1, 0.15) is 24.7 Å². The number of nitrogens with one attached hydrogen (secondary N) is 1. The maximum Gasteiger partial charge on any atom is 0.325 e. The lowest BCUT2D eigenvalue weighted by molar-refractivity contribution is -0.137. The van der Waals surface area contributed by atoms with E-state index < -0.39 is 28.6 Å². The van der Waals surface area contributed by atoms with Gasteiger partial charge in [0.05, 0.1) is 18.0 Å². The first-order valence-corrected chi connectivity index (χ1v) is 7.60. The highest BCUT2D eigenvalue weighted by molar-refractivity contribution is 7.89. The standard InChI is InChI=1S/C11H19N3O5S/c1-4-9(6-15)13-20(18,19)11-7(2)12-14(8(11)3)5-10(16)17/h9,13,15H,4-6H2,1-3H3,(H,16,17)/t9-/m0/s1. The van der Waals surface area contributed by atoms with Crippen LogP contribution in [0.15, 0.2) is 4.90 Å². The van der Waals surface area contributed by atoms with Crippen molar-refractivity contribution >= 4 is 16.0 Å². The molecule has 0 aliphatic rings. The maximum atomic E-state index is 12.3. The molecule has 1 aromatic heterocycles. The molecule has 9 heteroatoms. The van der Waals surface area contributed by atoms with Crippen molar-refractivity contribution in [1.29, 1.82) is 0 Å². The molecule has 0 spiro atoms. The fraction of sp³-hybridized carbons (Fsp3) is 0.636. The van der Waals surface area contributed by atoms with E-state index in [0.717, 1.165) is 4.68 Å². The zero-order valence-corrected chi connectivity index (χ0v) is 12.4. The Bertz CT molecular complexity index is 589. The molecule has 0 saturated carbocycles. The molecule has 1 heterocycles. The summed E-state index contributed by atoms with van der Waals surface area (Å²) >= 11 is 0. The van der Waals surface area contributed by atoms with Crippen molar-refractivity contribution in [2.24, 2.45) is 0 Å². The monoisotopic (exact) mass is 305 g/mol. The van der Waals surface area contributed by atoms with Crippen LogP contribution in [0.25, 0.3) is 0 Å². The number of aliphatic hydroxyl groups is 1. The number of aryl methyl sites for hydroxylation is 1. The van der Waals surface area contributed by atoms with E-state index in [9.17, 15) is 13.2 Å². The average molecular weight is 305 g/mol. The van der Waals surface area contributed by atoms with Crippen LogP contribution < -0.4 is 4.72 Å². The van der Waals surface area contributed by atoms with Crippen LogP contribution in [-0.2, 0) is 21.4 Å². The topological polar surface area (TPSA) is 122 Å². The van der Waals surface area contributed by atoms with E-state index in [1.807, 2.05) is 0 Å². The molecule has 0 aromatic carbocycles. The van der Waals surface area contributed by atoms with Gasteiger partial charge in [0.1, 0.15) is 11.4 Å². The third kappa shape index (κ3) is 3.56. The summed E-state index contributed by atoms with van der Waals surface area (Å²) in [5, 5.41) is 21.8. The molecule has 114 valence electrons. The Kier molecular flexibility index (Phi) is 5.26. The highest BCUT2D eigenvalue weighted by Crippen LogP contribution is 2.19. The molecular weight excluding hydrogens is 286 g/mol. The molecule has 0 aliphatic heterocycles. The molecule has 0 fully saturated rings. The summed E-state index contributed by atoms with van der Waals surface area (Å²) in [7, 11) is -3.85. The van der Waals surface area contributed by atoms with E-state index in [4.69, 9.17) is 10.2 Å². The fourth-order valence-corrected chi connectivity index (χ4v) is 3.60. The second-order valence-corrected chi connectivity index (χ2v) is 6.11. The second-order valence-electron chi connectivity index (χ2n) is 4.46. The first kappa shape index (κ1) is 16.6. The van der Waals surface area contributed by atoms with Crippen molar-refractivity contribution in [3.05, 3.63) is 11.4 Å². The average Bonchev–Trinajstić information content (AvgIpc) is 2.61. The van der Waals surface area contributed by atoms with Gasteiger partial charge in [-0.05, 0) is 20.3 Å². The molecule has 0 unspecified atom stereocenters. The number of aliphatic carboxylic acids is 1. The van der Waals surface area contributed by atoms with Crippen LogP contribution >= 0.6 is 0 Å². The van der Waals surface area contributed by atoms with Gasteiger partial charge in [0.25, 0.3) is 0 Å². The SMILES string of the molecule is CC[C@@H](CO)NS(=O)(=O)c1c(C)nn(CC(=O)O)c1C. The number of rotatable bonds is 7. The summed E-state index contributed by atoms with van der Waals surface area (Å²) in [6.45, 7) is 4.03. The van der Waals surface area contributed by atoms with Gasteiger partial charge in [0, 0.05) is 6.04 Å². The number of carboxylic acid groups (broad SMARTS) is 1. The number of hydrogen-bond acceptors (Lipinski definition) is 5. The fourth-order valence-electron chi connectivity index (χ4n) is 1.88. The van der Waals surface area contributed by atoms with Gasteiger partial charge >= 0.3 is 5.97 Å². The number of carboxylic acids is 1. The van der Waals surface area contributed by atoms with Gasteiger partial charge in [0.2, 0.25) is 10.0 Å². The predicted octanol–water partition coefficient (Wildman–Crippen LogP) is -0.366. The zero-order chi connectivity index (χ0) is 15.5. The molecule has 0 saturated heterocycles. The molecule has 0 aliphatic carbocycles. The summed E-state index contributed by atoms with van der Waals surface area (Å²) in [5.74, 6) is -1.10. The van der Waals surface area contributed by atoms with Crippen LogP contribution in [0.5, 0.6) is 0 Å². The second kappa shape index (κ2) is 6.33.